The summed E-state index contributed by atoms with van der Waals surface area (Å²) in [5.41, 5.74) is 14.9. The van der Waals surface area contributed by atoms with Crippen LogP contribution < -0.4 is 9.64 Å². The number of thiophene rings is 1. The first kappa shape index (κ1) is 31.6. The van der Waals surface area contributed by atoms with Crippen LogP contribution in [0.25, 0.3) is 53.6 Å². The molecule has 0 saturated heterocycles. The molecule has 0 saturated carbocycles. The van der Waals surface area contributed by atoms with Crippen LogP contribution in [0, 0.1) is 0 Å². The summed E-state index contributed by atoms with van der Waals surface area (Å²) in [6, 6.07) is 56.3. The van der Waals surface area contributed by atoms with Gasteiger partial charge >= 0.3 is 0 Å². The number of hydrogen-bond acceptors (Lipinski definition) is 3. The number of allylic oxidation sites excluding steroid dienone is 1. The molecule has 11 rings (SSSR count). The molecule has 0 N–H and O–H groups in total. The van der Waals surface area contributed by atoms with Crippen LogP contribution in [0.2, 0.25) is 0 Å². The zero-order chi connectivity index (χ0) is 36.0. The summed E-state index contributed by atoms with van der Waals surface area (Å²) < 4.78 is 9.25. The van der Waals surface area contributed by atoms with Crippen LogP contribution in [0.4, 0.5) is 17.1 Å². The standard InChI is InChI=1S/C51H39NOS/c1-51(2)43-20-9-6-15-37(43)38-28-27-35(31-44(38)51)52(34-25-23-32(24-26-34)36-18-12-19-41-39-16-7-10-21-46(39)53-49(36)41)45-30-29-42-40-17-8-11-22-47(40)54-50(42)48(45)33-13-4-3-5-14-33/h3-6,8-15,17-31,39,46H,7,16H2,1-2H3. The third kappa shape index (κ3) is 4.71. The number of anilines is 3. The molecule has 3 aliphatic rings. The number of ether oxygens (including phenoxy) is 1. The van der Waals surface area contributed by atoms with Gasteiger partial charge in [0, 0.05) is 59.6 Å². The van der Waals surface area contributed by atoms with Gasteiger partial charge in [-0.15, -0.1) is 11.3 Å². The Morgan fingerprint density at radius 3 is 2.28 bits per heavy atom. The lowest BCUT2D eigenvalue weighted by Crippen LogP contribution is -2.18. The molecular weight excluding hydrogens is 675 g/mol. The lowest BCUT2D eigenvalue weighted by Gasteiger charge is -2.30. The van der Waals surface area contributed by atoms with Gasteiger partial charge in [-0.25, -0.2) is 0 Å². The molecule has 1 aromatic heterocycles. The Balaban J connectivity index is 1.12. The van der Waals surface area contributed by atoms with E-state index in [1.165, 1.54) is 75.9 Å². The summed E-state index contributed by atoms with van der Waals surface area (Å²) in [6.45, 7) is 4.73. The van der Waals surface area contributed by atoms with Gasteiger partial charge in [-0.05, 0) is 88.7 Å². The highest BCUT2D eigenvalue weighted by Crippen LogP contribution is 2.53. The van der Waals surface area contributed by atoms with Gasteiger partial charge in [-0.1, -0.05) is 135 Å². The maximum atomic E-state index is 6.64. The lowest BCUT2D eigenvalue weighted by molar-refractivity contribution is 0.245. The number of nitrogens with zero attached hydrogens (tertiary/aromatic N) is 1. The average Bonchev–Trinajstić information content (AvgIpc) is 3.86. The maximum Gasteiger partial charge on any atom is 0.131 e. The van der Waals surface area contributed by atoms with Crippen LogP contribution in [0.15, 0.2) is 164 Å². The fraction of sp³-hybridized carbons (Fsp3) is 0.137. The molecule has 2 unspecified atom stereocenters. The van der Waals surface area contributed by atoms with Crippen molar-refractivity contribution in [1.82, 2.24) is 0 Å². The Kier molecular flexibility index (Phi) is 7.06. The van der Waals surface area contributed by atoms with Crippen molar-refractivity contribution in [3.05, 3.63) is 181 Å². The smallest absolute Gasteiger partial charge is 0.131 e. The van der Waals surface area contributed by atoms with E-state index in [2.05, 4.69) is 183 Å². The first-order chi connectivity index (χ1) is 26.5. The number of rotatable bonds is 5. The quantitative estimate of drug-likeness (QED) is 0.165. The second-order valence-corrected chi connectivity index (χ2v) is 16.6. The molecule has 2 nitrogen and oxygen atoms in total. The van der Waals surface area contributed by atoms with Gasteiger partial charge in [0.05, 0.1) is 5.69 Å². The molecule has 7 aromatic carbocycles. The largest absolute Gasteiger partial charge is 0.485 e. The summed E-state index contributed by atoms with van der Waals surface area (Å²) >= 11 is 1.89. The molecule has 2 atom stereocenters. The molecular formula is C51H39NOS. The molecule has 3 heteroatoms. The molecule has 260 valence electrons. The van der Waals surface area contributed by atoms with E-state index in [0.717, 1.165) is 30.0 Å². The topological polar surface area (TPSA) is 12.5 Å². The summed E-state index contributed by atoms with van der Waals surface area (Å²) in [6.07, 6.45) is 6.92. The fourth-order valence-electron chi connectivity index (χ4n) is 9.50. The van der Waals surface area contributed by atoms with E-state index in [4.69, 9.17) is 4.74 Å². The minimum atomic E-state index is -0.116. The summed E-state index contributed by atoms with van der Waals surface area (Å²) in [5.74, 6) is 1.49. The molecule has 8 aromatic rings. The fourth-order valence-corrected chi connectivity index (χ4v) is 10.8. The Morgan fingerprint density at radius 2 is 1.39 bits per heavy atom. The van der Waals surface area contributed by atoms with Crippen molar-refractivity contribution in [2.24, 2.45) is 0 Å². The first-order valence-corrected chi connectivity index (χ1v) is 20.0. The monoisotopic (exact) mass is 713 g/mol. The molecule has 0 bridgehead atoms. The molecule has 0 fully saturated rings. The second kappa shape index (κ2) is 12.1. The summed E-state index contributed by atoms with van der Waals surface area (Å²) in [7, 11) is 0. The predicted molar refractivity (Wildman–Crippen MR) is 228 cm³/mol. The van der Waals surface area contributed by atoms with Gasteiger partial charge in [-0.3, -0.25) is 0 Å². The van der Waals surface area contributed by atoms with Crippen LogP contribution in [-0.4, -0.2) is 6.10 Å². The molecule has 2 heterocycles. The molecule has 0 spiro atoms. The van der Waals surface area contributed by atoms with E-state index in [-0.39, 0.29) is 11.5 Å². The van der Waals surface area contributed by atoms with Gasteiger partial charge in [0.15, 0.2) is 0 Å². The molecule has 0 radical (unpaired) electrons. The Morgan fingerprint density at radius 1 is 0.630 bits per heavy atom. The van der Waals surface area contributed by atoms with Crippen LogP contribution in [-0.2, 0) is 5.41 Å². The SMILES string of the molecule is CC1(C)c2ccccc2-c2ccc(N(c3ccc(-c4cccc5c4OC4C=CCCC54)cc3)c3ccc4c(sc5ccccc54)c3-c3ccccc3)cc21. The van der Waals surface area contributed by atoms with Crippen molar-refractivity contribution in [1.29, 1.82) is 0 Å². The third-order valence-corrected chi connectivity index (χ3v) is 13.4. The van der Waals surface area contributed by atoms with Crippen LogP contribution in [0.3, 0.4) is 0 Å². The van der Waals surface area contributed by atoms with Gasteiger partial charge in [-0.2, -0.15) is 0 Å². The number of fused-ring (bicyclic) bond motifs is 9. The Bertz CT molecular complexity index is 2790. The van der Waals surface area contributed by atoms with Gasteiger partial charge in [0.1, 0.15) is 11.9 Å². The van der Waals surface area contributed by atoms with Gasteiger partial charge in [0.2, 0.25) is 0 Å². The van der Waals surface area contributed by atoms with Crippen LogP contribution in [0.1, 0.15) is 49.3 Å². The zero-order valence-electron chi connectivity index (χ0n) is 30.4. The lowest BCUT2D eigenvalue weighted by atomic mass is 9.82. The van der Waals surface area contributed by atoms with Crippen molar-refractivity contribution < 1.29 is 4.74 Å². The molecule has 54 heavy (non-hydrogen) atoms. The minimum Gasteiger partial charge on any atom is -0.485 e. The second-order valence-electron chi connectivity index (χ2n) is 15.5. The summed E-state index contributed by atoms with van der Waals surface area (Å²) in [4.78, 5) is 2.49. The van der Waals surface area contributed by atoms with Crippen molar-refractivity contribution >= 4 is 48.6 Å². The van der Waals surface area contributed by atoms with E-state index in [0.29, 0.717) is 5.92 Å². The van der Waals surface area contributed by atoms with E-state index >= 15 is 0 Å². The number of para-hydroxylation sites is 1. The highest BCUT2D eigenvalue weighted by Gasteiger charge is 2.37. The van der Waals surface area contributed by atoms with Crippen molar-refractivity contribution in [3.63, 3.8) is 0 Å². The first-order valence-electron chi connectivity index (χ1n) is 19.2. The van der Waals surface area contributed by atoms with Gasteiger partial charge in [0.25, 0.3) is 0 Å². The maximum absolute atomic E-state index is 6.64. The van der Waals surface area contributed by atoms with Gasteiger partial charge < -0.3 is 9.64 Å². The van der Waals surface area contributed by atoms with E-state index in [9.17, 15) is 0 Å². The molecule has 1 aliphatic heterocycles. The molecule has 0 amide bonds. The van der Waals surface area contributed by atoms with E-state index in [1.54, 1.807) is 0 Å². The Labute approximate surface area is 320 Å². The third-order valence-electron chi connectivity index (χ3n) is 12.2. The van der Waals surface area contributed by atoms with Crippen LogP contribution in [0.5, 0.6) is 5.75 Å². The molecule has 2 aliphatic carbocycles. The predicted octanol–water partition coefficient (Wildman–Crippen LogP) is 14.4. The number of benzene rings is 7. The Hall–Kier alpha value is -5.90. The van der Waals surface area contributed by atoms with Crippen molar-refractivity contribution in [2.75, 3.05) is 4.90 Å². The van der Waals surface area contributed by atoms with E-state index in [1.807, 2.05) is 11.3 Å². The average molecular weight is 714 g/mol. The van der Waals surface area contributed by atoms with Crippen molar-refractivity contribution in [3.8, 4) is 39.1 Å². The normalized spacial score (nSPS) is 17.5. The zero-order valence-corrected chi connectivity index (χ0v) is 31.2. The minimum absolute atomic E-state index is 0.116. The van der Waals surface area contributed by atoms with Crippen molar-refractivity contribution in [2.45, 2.75) is 44.1 Å². The highest BCUT2D eigenvalue weighted by atomic mass is 32.1. The summed E-state index contributed by atoms with van der Waals surface area (Å²) in [5, 5.41) is 2.61. The van der Waals surface area contributed by atoms with Crippen LogP contribution >= 0.6 is 11.3 Å². The van der Waals surface area contributed by atoms with E-state index < -0.39 is 0 Å². The highest BCUT2D eigenvalue weighted by molar-refractivity contribution is 7.26. The number of hydrogen-bond donors (Lipinski definition) is 0.